The molecule has 0 spiro atoms. The number of rotatable bonds is 5. The van der Waals surface area contributed by atoms with Crippen molar-refractivity contribution in [2.75, 3.05) is 32.8 Å². The summed E-state index contributed by atoms with van der Waals surface area (Å²) in [6, 6.07) is 7.27. The highest BCUT2D eigenvalue weighted by molar-refractivity contribution is 5.97. The highest BCUT2D eigenvalue weighted by Gasteiger charge is 2.25. The Balaban J connectivity index is 2.12. The summed E-state index contributed by atoms with van der Waals surface area (Å²) in [5.74, 6) is 0.537. The number of amides is 1. The van der Waals surface area contributed by atoms with Gasteiger partial charge in [-0.25, -0.2) is 0 Å². The Kier molecular flexibility index (Phi) is 5.36. The number of nitrogens with zero attached hydrogens (tertiary/aromatic N) is 1. The molecule has 1 aliphatic rings. The van der Waals surface area contributed by atoms with Crippen LogP contribution in [0.25, 0.3) is 0 Å². The quantitative estimate of drug-likeness (QED) is 0.833. The first kappa shape index (κ1) is 15.5. The topological polar surface area (TPSA) is 64.8 Å². The Hall–Kier alpha value is -1.85. The first-order chi connectivity index (χ1) is 10.1. The Labute approximate surface area is 125 Å². The van der Waals surface area contributed by atoms with Crippen molar-refractivity contribution in [1.82, 2.24) is 4.90 Å². The Morgan fingerprint density at radius 3 is 3.00 bits per heavy atom. The number of morpholine rings is 1. The van der Waals surface area contributed by atoms with E-state index >= 15 is 0 Å². The van der Waals surface area contributed by atoms with E-state index in [1.165, 1.54) is 0 Å². The molecular weight excluding hydrogens is 268 g/mol. The predicted molar refractivity (Wildman–Crippen MR) is 81.4 cm³/mol. The van der Waals surface area contributed by atoms with Gasteiger partial charge in [0.2, 0.25) is 0 Å². The summed E-state index contributed by atoms with van der Waals surface area (Å²) in [6.07, 6.45) is -0.0915. The van der Waals surface area contributed by atoms with Gasteiger partial charge in [0.25, 0.3) is 5.91 Å². The monoisotopic (exact) mass is 290 g/mol. The normalized spacial score (nSPS) is 18.4. The fraction of sp³-hybridized carbons (Fsp3) is 0.438. The van der Waals surface area contributed by atoms with Gasteiger partial charge < -0.3 is 20.1 Å². The Morgan fingerprint density at radius 2 is 2.29 bits per heavy atom. The second kappa shape index (κ2) is 7.24. The molecule has 0 unspecified atom stereocenters. The van der Waals surface area contributed by atoms with E-state index in [1.54, 1.807) is 17.0 Å². The van der Waals surface area contributed by atoms with Crippen molar-refractivity contribution in [2.45, 2.75) is 13.0 Å². The number of hydrogen-bond donors (Lipinski definition) is 1. The number of hydrogen-bond acceptors (Lipinski definition) is 4. The number of nitrogens with two attached hydrogens (primary N) is 1. The van der Waals surface area contributed by atoms with Gasteiger partial charge in [-0.15, -0.1) is 0 Å². The summed E-state index contributed by atoms with van der Waals surface area (Å²) in [4.78, 5) is 14.4. The fourth-order valence-electron chi connectivity index (χ4n) is 2.19. The van der Waals surface area contributed by atoms with Crippen LogP contribution in [0.3, 0.4) is 0 Å². The average Bonchev–Trinajstić information content (AvgIpc) is 2.52. The number of para-hydroxylation sites is 1. The molecule has 0 aliphatic carbocycles. The molecule has 1 saturated heterocycles. The lowest BCUT2D eigenvalue weighted by molar-refractivity contribution is -0.0168. The van der Waals surface area contributed by atoms with Crippen molar-refractivity contribution in [3.8, 4) is 5.75 Å². The molecule has 114 valence electrons. The second-order valence-corrected chi connectivity index (χ2v) is 5.22. The van der Waals surface area contributed by atoms with Crippen LogP contribution in [0.5, 0.6) is 5.75 Å². The van der Waals surface area contributed by atoms with Crippen LogP contribution in [0, 0.1) is 0 Å². The van der Waals surface area contributed by atoms with Crippen LogP contribution < -0.4 is 10.5 Å². The van der Waals surface area contributed by atoms with E-state index in [4.69, 9.17) is 15.2 Å². The molecule has 5 heteroatoms. The minimum absolute atomic E-state index is 0.0472. The second-order valence-electron chi connectivity index (χ2n) is 5.22. The number of ether oxygens (including phenoxy) is 2. The zero-order valence-corrected chi connectivity index (χ0v) is 12.4. The third-order valence-corrected chi connectivity index (χ3v) is 3.28. The molecule has 2 rings (SSSR count). The Bertz CT molecular complexity index is 516. The molecule has 1 amide bonds. The van der Waals surface area contributed by atoms with E-state index in [0.29, 0.717) is 44.2 Å². The van der Waals surface area contributed by atoms with Gasteiger partial charge >= 0.3 is 0 Å². The summed E-state index contributed by atoms with van der Waals surface area (Å²) < 4.78 is 11.2. The van der Waals surface area contributed by atoms with Gasteiger partial charge in [0.05, 0.1) is 18.3 Å². The maximum Gasteiger partial charge on any atom is 0.257 e. The minimum Gasteiger partial charge on any atom is -0.488 e. The molecule has 21 heavy (non-hydrogen) atoms. The third kappa shape index (κ3) is 4.06. The maximum absolute atomic E-state index is 12.7. The summed E-state index contributed by atoms with van der Waals surface area (Å²) in [5.41, 5.74) is 7.09. The largest absolute Gasteiger partial charge is 0.488 e. The van der Waals surface area contributed by atoms with E-state index < -0.39 is 0 Å². The molecule has 1 aromatic rings. The van der Waals surface area contributed by atoms with Crippen LogP contribution >= 0.6 is 0 Å². The van der Waals surface area contributed by atoms with Crippen LogP contribution in [0.15, 0.2) is 36.4 Å². The van der Waals surface area contributed by atoms with Crippen LogP contribution in [-0.2, 0) is 4.74 Å². The first-order valence-corrected chi connectivity index (χ1v) is 7.09. The molecule has 0 bridgehead atoms. The molecule has 1 aliphatic heterocycles. The smallest absolute Gasteiger partial charge is 0.257 e. The van der Waals surface area contributed by atoms with Gasteiger partial charge in [-0.1, -0.05) is 18.7 Å². The molecule has 2 N–H and O–H groups in total. The molecule has 1 atom stereocenters. The first-order valence-electron chi connectivity index (χ1n) is 7.09. The van der Waals surface area contributed by atoms with Crippen molar-refractivity contribution >= 4 is 5.91 Å². The lowest BCUT2D eigenvalue weighted by atomic mass is 10.1. The highest BCUT2D eigenvalue weighted by atomic mass is 16.5. The van der Waals surface area contributed by atoms with Crippen molar-refractivity contribution < 1.29 is 14.3 Å². The molecule has 1 heterocycles. The van der Waals surface area contributed by atoms with Gasteiger partial charge in [0, 0.05) is 19.6 Å². The van der Waals surface area contributed by atoms with E-state index in [1.807, 2.05) is 19.1 Å². The number of carbonyl (C=O) groups is 1. The number of carbonyl (C=O) groups excluding carboxylic acids is 1. The van der Waals surface area contributed by atoms with E-state index in [-0.39, 0.29) is 12.0 Å². The predicted octanol–water partition coefficient (Wildman–Crippen LogP) is 1.44. The van der Waals surface area contributed by atoms with Crippen molar-refractivity contribution in [3.05, 3.63) is 42.0 Å². The van der Waals surface area contributed by atoms with Crippen molar-refractivity contribution in [3.63, 3.8) is 0 Å². The highest BCUT2D eigenvalue weighted by Crippen LogP contribution is 2.21. The minimum atomic E-state index is -0.0915. The van der Waals surface area contributed by atoms with E-state index in [9.17, 15) is 4.79 Å². The lowest BCUT2D eigenvalue weighted by Crippen LogP contribution is -2.48. The summed E-state index contributed by atoms with van der Waals surface area (Å²) in [5, 5.41) is 0. The molecular formula is C16H22N2O3. The van der Waals surface area contributed by atoms with Gasteiger partial charge in [0.1, 0.15) is 12.4 Å². The molecule has 1 fully saturated rings. The fourth-order valence-corrected chi connectivity index (χ4v) is 2.19. The third-order valence-electron chi connectivity index (χ3n) is 3.28. The van der Waals surface area contributed by atoms with E-state index in [2.05, 4.69) is 6.58 Å². The SMILES string of the molecule is C=C(C)COc1ccccc1C(=O)N1CCO[C@H](CN)C1. The standard InChI is InChI=1S/C16H22N2O3/c1-12(2)11-21-15-6-4-3-5-14(15)16(19)18-7-8-20-13(9-17)10-18/h3-6,13H,1,7-11,17H2,2H3/t13-/m1/s1. The van der Waals surface area contributed by atoms with Crippen LogP contribution in [-0.4, -0.2) is 49.8 Å². The summed E-state index contributed by atoms with van der Waals surface area (Å²) >= 11 is 0. The summed E-state index contributed by atoms with van der Waals surface area (Å²) in [6.45, 7) is 8.12. The van der Waals surface area contributed by atoms with Crippen LogP contribution in [0.1, 0.15) is 17.3 Å². The van der Waals surface area contributed by atoms with Gasteiger partial charge in [-0.2, -0.15) is 0 Å². The average molecular weight is 290 g/mol. The van der Waals surface area contributed by atoms with Crippen LogP contribution in [0.4, 0.5) is 0 Å². The Morgan fingerprint density at radius 1 is 1.52 bits per heavy atom. The van der Waals surface area contributed by atoms with Gasteiger partial charge in [0.15, 0.2) is 0 Å². The van der Waals surface area contributed by atoms with Gasteiger partial charge in [-0.3, -0.25) is 4.79 Å². The van der Waals surface area contributed by atoms with Crippen molar-refractivity contribution in [1.29, 1.82) is 0 Å². The molecule has 0 radical (unpaired) electrons. The van der Waals surface area contributed by atoms with Gasteiger partial charge in [-0.05, 0) is 24.6 Å². The van der Waals surface area contributed by atoms with Crippen LogP contribution in [0.2, 0.25) is 0 Å². The molecule has 0 aromatic heterocycles. The van der Waals surface area contributed by atoms with Crippen molar-refractivity contribution in [2.24, 2.45) is 5.73 Å². The molecule has 1 aromatic carbocycles. The maximum atomic E-state index is 12.7. The summed E-state index contributed by atoms with van der Waals surface area (Å²) in [7, 11) is 0. The lowest BCUT2D eigenvalue weighted by Gasteiger charge is -2.32. The number of benzene rings is 1. The molecule has 5 nitrogen and oxygen atoms in total. The zero-order valence-electron chi connectivity index (χ0n) is 12.4. The van der Waals surface area contributed by atoms with E-state index in [0.717, 1.165) is 5.57 Å². The molecule has 0 saturated carbocycles. The zero-order chi connectivity index (χ0) is 15.2.